The number of rotatable bonds is 6. The Morgan fingerprint density at radius 3 is 2.16 bits per heavy atom. The summed E-state index contributed by atoms with van der Waals surface area (Å²) >= 11 is 3.37. The normalized spacial score (nSPS) is 14.3. The Bertz CT molecular complexity index is 1100. The van der Waals surface area contributed by atoms with Crippen molar-refractivity contribution in [3.05, 3.63) is 94.0 Å². The van der Waals surface area contributed by atoms with Gasteiger partial charge in [0, 0.05) is 10.4 Å². The van der Waals surface area contributed by atoms with Gasteiger partial charge in [-0.1, -0.05) is 83.5 Å². The minimum Gasteiger partial charge on any atom is -0.479 e. The van der Waals surface area contributed by atoms with Gasteiger partial charge < -0.3 is 15.2 Å². The predicted octanol–water partition coefficient (Wildman–Crippen LogP) is 5.68. The number of amides is 1. The fourth-order valence-corrected chi connectivity index (χ4v) is 4.65. The molecule has 0 aliphatic heterocycles. The Morgan fingerprint density at radius 1 is 1.00 bits per heavy atom. The lowest BCUT2D eigenvalue weighted by atomic mass is 9.87. The zero-order valence-electron chi connectivity index (χ0n) is 17.0. The Balaban J connectivity index is 1.55. The molecule has 0 radical (unpaired) electrons. The number of nitrogens with one attached hydrogen (secondary N) is 1. The number of carboxylic acids is 1. The molecular formula is C25H22BrNO4. The highest BCUT2D eigenvalue weighted by atomic mass is 79.9. The average Bonchev–Trinajstić information content (AvgIpc) is 3.09. The van der Waals surface area contributed by atoms with Crippen LogP contribution in [0, 0.1) is 0 Å². The van der Waals surface area contributed by atoms with E-state index in [-0.39, 0.29) is 18.9 Å². The van der Waals surface area contributed by atoms with Gasteiger partial charge >= 0.3 is 12.1 Å². The highest BCUT2D eigenvalue weighted by Crippen LogP contribution is 2.44. The van der Waals surface area contributed by atoms with Gasteiger partial charge in [0.05, 0.1) is 0 Å². The maximum Gasteiger partial charge on any atom is 0.408 e. The molecule has 5 nitrogen and oxygen atoms in total. The van der Waals surface area contributed by atoms with Crippen molar-refractivity contribution in [3.8, 4) is 11.1 Å². The Morgan fingerprint density at radius 2 is 1.61 bits per heavy atom. The van der Waals surface area contributed by atoms with Crippen molar-refractivity contribution >= 4 is 28.0 Å². The summed E-state index contributed by atoms with van der Waals surface area (Å²) in [7, 11) is 0. The zero-order valence-corrected chi connectivity index (χ0v) is 18.6. The number of carboxylic acid groups (broad SMARTS) is 1. The van der Waals surface area contributed by atoms with Crippen molar-refractivity contribution in [1.82, 2.24) is 5.32 Å². The number of carbonyl (C=O) groups excluding carboxylic acids is 1. The molecule has 0 aromatic heterocycles. The van der Waals surface area contributed by atoms with E-state index in [1.807, 2.05) is 36.4 Å². The van der Waals surface area contributed by atoms with Crippen LogP contribution < -0.4 is 5.32 Å². The Labute approximate surface area is 189 Å². The second-order valence-corrected chi connectivity index (χ2v) is 8.44. The molecule has 2 N–H and O–H groups in total. The molecule has 0 saturated carbocycles. The molecule has 31 heavy (non-hydrogen) atoms. The SMILES string of the molecule is CCC(NC(=O)OCC1c2ccccc2-c2ccccc21)(C(=O)O)c1cccc(Br)c1. The van der Waals surface area contributed by atoms with Crippen LogP contribution in [0.5, 0.6) is 0 Å². The third-order valence-corrected chi connectivity index (χ3v) is 6.37. The number of benzene rings is 3. The van der Waals surface area contributed by atoms with Crippen LogP contribution in [0.4, 0.5) is 4.79 Å². The maximum absolute atomic E-state index is 12.8. The lowest BCUT2D eigenvalue weighted by Crippen LogP contribution is -2.51. The molecule has 158 valence electrons. The number of hydrogen-bond donors (Lipinski definition) is 2. The number of halogens is 1. The molecule has 4 rings (SSSR count). The summed E-state index contributed by atoms with van der Waals surface area (Å²) in [4.78, 5) is 25.0. The van der Waals surface area contributed by atoms with Crippen LogP contribution in [-0.2, 0) is 15.1 Å². The second kappa shape index (κ2) is 8.55. The molecule has 0 spiro atoms. The van der Waals surface area contributed by atoms with Crippen molar-refractivity contribution in [1.29, 1.82) is 0 Å². The van der Waals surface area contributed by atoms with E-state index in [1.165, 1.54) is 0 Å². The molecule has 3 aromatic carbocycles. The summed E-state index contributed by atoms with van der Waals surface area (Å²) in [6.07, 6.45) is -0.589. The number of carbonyl (C=O) groups is 2. The summed E-state index contributed by atoms with van der Waals surface area (Å²) in [5.41, 5.74) is 3.37. The molecule has 1 atom stereocenters. The van der Waals surface area contributed by atoms with Gasteiger partial charge in [-0.3, -0.25) is 0 Å². The van der Waals surface area contributed by atoms with E-state index in [0.717, 1.165) is 26.7 Å². The molecule has 0 bridgehead atoms. The standard InChI is InChI=1S/C25H22BrNO4/c1-2-25(23(28)29,16-8-7-9-17(26)14-16)27-24(30)31-15-22-20-12-5-3-10-18(20)19-11-4-6-13-21(19)22/h3-14,22H,2,15H2,1H3,(H,27,30)(H,28,29). The lowest BCUT2D eigenvalue weighted by Gasteiger charge is -2.30. The van der Waals surface area contributed by atoms with E-state index in [4.69, 9.17) is 4.74 Å². The van der Waals surface area contributed by atoms with Gasteiger partial charge in [-0.25, -0.2) is 9.59 Å². The van der Waals surface area contributed by atoms with E-state index < -0.39 is 17.6 Å². The van der Waals surface area contributed by atoms with Gasteiger partial charge in [0.1, 0.15) is 6.61 Å². The van der Waals surface area contributed by atoms with Crippen LogP contribution in [-0.4, -0.2) is 23.8 Å². The number of ether oxygens (including phenoxy) is 1. The fraction of sp³-hybridized carbons (Fsp3) is 0.200. The van der Waals surface area contributed by atoms with Gasteiger partial charge in [-0.15, -0.1) is 0 Å². The minimum atomic E-state index is -1.58. The molecule has 1 aliphatic carbocycles. The Kier molecular flexibility index (Phi) is 5.83. The first-order valence-electron chi connectivity index (χ1n) is 10.1. The summed E-state index contributed by atoms with van der Waals surface area (Å²) < 4.78 is 6.31. The van der Waals surface area contributed by atoms with Crippen LogP contribution in [0.3, 0.4) is 0 Å². The maximum atomic E-state index is 12.8. The zero-order chi connectivity index (χ0) is 22.0. The van der Waals surface area contributed by atoms with Crippen LogP contribution in [0.25, 0.3) is 11.1 Å². The molecular weight excluding hydrogens is 458 g/mol. The summed E-state index contributed by atoms with van der Waals surface area (Å²) in [5.74, 6) is -1.23. The molecule has 1 aliphatic rings. The molecule has 0 saturated heterocycles. The molecule has 0 heterocycles. The van der Waals surface area contributed by atoms with E-state index >= 15 is 0 Å². The third-order valence-electron chi connectivity index (χ3n) is 5.87. The van der Waals surface area contributed by atoms with Crippen LogP contribution in [0.15, 0.2) is 77.3 Å². The van der Waals surface area contributed by atoms with E-state index in [9.17, 15) is 14.7 Å². The van der Waals surface area contributed by atoms with Crippen molar-refractivity contribution in [2.24, 2.45) is 0 Å². The van der Waals surface area contributed by atoms with Crippen molar-refractivity contribution < 1.29 is 19.4 Å². The number of fused-ring (bicyclic) bond motifs is 3. The Hall–Kier alpha value is -3.12. The first kappa shape index (κ1) is 21.1. The van der Waals surface area contributed by atoms with Gasteiger partial charge in [-0.2, -0.15) is 0 Å². The largest absolute Gasteiger partial charge is 0.479 e. The predicted molar refractivity (Wildman–Crippen MR) is 122 cm³/mol. The third kappa shape index (κ3) is 3.83. The molecule has 3 aromatic rings. The summed E-state index contributed by atoms with van der Waals surface area (Å²) in [6.45, 7) is 1.84. The van der Waals surface area contributed by atoms with E-state index in [1.54, 1.807) is 31.2 Å². The molecule has 0 fully saturated rings. The second-order valence-electron chi connectivity index (χ2n) is 7.52. The molecule has 1 amide bonds. The van der Waals surface area contributed by atoms with Gasteiger partial charge in [0.2, 0.25) is 0 Å². The first-order valence-corrected chi connectivity index (χ1v) is 10.9. The minimum absolute atomic E-state index is 0.0927. The van der Waals surface area contributed by atoms with Crippen molar-refractivity contribution in [3.63, 3.8) is 0 Å². The van der Waals surface area contributed by atoms with Crippen LogP contribution in [0.2, 0.25) is 0 Å². The summed E-state index contributed by atoms with van der Waals surface area (Å²) in [6, 6.07) is 23.1. The number of hydrogen-bond acceptors (Lipinski definition) is 3. The molecule has 1 unspecified atom stereocenters. The van der Waals surface area contributed by atoms with Gasteiger partial charge in [0.25, 0.3) is 0 Å². The van der Waals surface area contributed by atoms with Crippen molar-refractivity contribution in [2.45, 2.75) is 24.8 Å². The van der Waals surface area contributed by atoms with Crippen molar-refractivity contribution in [2.75, 3.05) is 6.61 Å². The molecule has 6 heteroatoms. The van der Waals surface area contributed by atoms with Crippen LogP contribution in [0.1, 0.15) is 36.0 Å². The monoisotopic (exact) mass is 479 g/mol. The topological polar surface area (TPSA) is 75.6 Å². The quantitative estimate of drug-likeness (QED) is 0.476. The number of alkyl carbamates (subject to hydrolysis) is 1. The van der Waals surface area contributed by atoms with Gasteiger partial charge in [-0.05, 0) is 46.4 Å². The van der Waals surface area contributed by atoms with Crippen LogP contribution >= 0.6 is 15.9 Å². The van der Waals surface area contributed by atoms with Gasteiger partial charge in [0.15, 0.2) is 5.54 Å². The summed E-state index contributed by atoms with van der Waals surface area (Å²) in [5, 5.41) is 12.6. The average molecular weight is 480 g/mol. The highest BCUT2D eigenvalue weighted by molar-refractivity contribution is 9.10. The van der Waals surface area contributed by atoms with E-state index in [2.05, 4.69) is 33.4 Å². The highest BCUT2D eigenvalue weighted by Gasteiger charge is 2.41. The number of aliphatic carboxylic acids is 1. The first-order chi connectivity index (χ1) is 15.0. The lowest BCUT2D eigenvalue weighted by molar-refractivity contribution is -0.145. The fourth-order valence-electron chi connectivity index (χ4n) is 4.26. The smallest absolute Gasteiger partial charge is 0.408 e. The van der Waals surface area contributed by atoms with E-state index in [0.29, 0.717) is 5.56 Å².